The number of sulfonamides is 1. The number of aromatic nitrogens is 1. The second-order valence-electron chi connectivity index (χ2n) is 4.39. The second kappa shape index (κ2) is 6.82. The SMILES string of the molecule is CN(c1ccccn1)S(=O)(=O)CCSc1ccc(N)cc1. The number of benzene rings is 1. The number of nitrogens with two attached hydrogens (primary N) is 1. The van der Waals surface area contributed by atoms with Crippen molar-refractivity contribution in [3.05, 3.63) is 48.7 Å². The van der Waals surface area contributed by atoms with E-state index in [0.717, 1.165) is 4.90 Å². The summed E-state index contributed by atoms with van der Waals surface area (Å²) in [5.74, 6) is 0.952. The van der Waals surface area contributed by atoms with Gasteiger partial charge in [-0.15, -0.1) is 11.8 Å². The van der Waals surface area contributed by atoms with Crippen molar-refractivity contribution in [3.8, 4) is 0 Å². The van der Waals surface area contributed by atoms with Crippen LogP contribution in [0.25, 0.3) is 0 Å². The Labute approximate surface area is 129 Å². The highest BCUT2D eigenvalue weighted by molar-refractivity contribution is 8.01. The zero-order chi connectivity index (χ0) is 15.3. The van der Waals surface area contributed by atoms with Crippen LogP contribution in [0.3, 0.4) is 0 Å². The summed E-state index contributed by atoms with van der Waals surface area (Å²) in [4.78, 5) is 5.05. The molecule has 0 spiro atoms. The Bertz CT molecular complexity index is 673. The van der Waals surface area contributed by atoms with Crippen LogP contribution in [-0.4, -0.2) is 32.0 Å². The first-order chi connectivity index (χ1) is 9.99. The average Bonchev–Trinajstić information content (AvgIpc) is 2.49. The predicted molar refractivity (Wildman–Crippen MR) is 88.0 cm³/mol. The first-order valence-corrected chi connectivity index (χ1v) is 8.94. The molecule has 1 aromatic carbocycles. The number of anilines is 2. The summed E-state index contributed by atoms with van der Waals surface area (Å²) in [6, 6.07) is 12.6. The van der Waals surface area contributed by atoms with Crippen LogP contribution in [0.1, 0.15) is 0 Å². The number of nitrogen functional groups attached to an aromatic ring is 1. The Morgan fingerprint density at radius 3 is 2.52 bits per heavy atom. The lowest BCUT2D eigenvalue weighted by atomic mass is 10.3. The largest absolute Gasteiger partial charge is 0.399 e. The van der Waals surface area contributed by atoms with Gasteiger partial charge in [0.15, 0.2) is 0 Å². The molecule has 0 fully saturated rings. The van der Waals surface area contributed by atoms with Gasteiger partial charge in [-0.2, -0.15) is 0 Å². The topological polar surface area (TPSA) is 76.3 Å². The number of hydrogen-bond donors (Lipinski definition) is 1. The Kier molecular flexibility index (Phi) is 5.08. The van der Waals surface area contributed by atoms with Gasteiger partial charge in [0.25, 0.3) is 0 Å². The summed E-state index contributed by atoms with van der Waals surface area (Å²) < 4.78 is 25.7. The average molecular weight is 323 g/mol. The molecule has 2 rings (SSSR count). The fourth-order valence-corrected chi connectivity index (χ4v) is 4.06. The molecule has 2 aromatic rings. The third-order valence-corrected chi connectivity index (χ3v) is 5.89. The molecular weight excluding hydrogens is 306 g/mol. The molecular formula is C14H17N3O2S2. The minimum absolute atomic E-state index is 0.0507. The van der Waals surface area contributed by atoms with E-state index < -0.39 is 10.0 Å². The lowest BCUT2D eigenvalue weighted by molar-refractivity contribution is 0.595. The fraction of sp³-hybridized carbons (Fsp3) is 0.214. The van der Waals surface area contributed by atoms with Crippen LogP contribution < -0.4 is 10.0 Å². The Hall–Kier alpha value is -1.73. The lowest BCUT2D eigenvalue weighted by Crippen LogP contribution is -2.30. The van der Waals surface area contributed by atoms with E-state index >= 15 is 0 Å². The van der Waals surface area contributed by atoms with E-state index in [1.807, 2.05) is 12.1 Å². The summed E-state index contributed by atoms with van der Waals surface area (Å²) in [5, 5.41) is 0. The number of hydrogen-bond acceptors (Lipinski definition) is 5. The highest BCUT2D eigenvalue weighted by atomic mass is 32.2. The van der Waals surface area contributed by atoms with Crippen LogP contribution in [0.2, 0.25) is 0 Å². The van der Waals surface area contributed by atoms with Crippen LogP contribution in [0, 0.1) is 0 Å². The molecule has 112 valence electrons. The molecule has 0 saturated carbocycles. The smallest absolute Gasteiger partial charge is 0.236 e. The molecule has 2 N–H and O–H groups in total. The maximum Gasteiger partial charge on any atom is 0.236 e. The highest BCUT2D eigenvalue weighted by Crippen LogP contribution is 2.20. The van der Waals surface area contributed by atoms with Gasteiger partial charge in [0, 0.05) is 29.6 Å². The normalized spacial score (nSPS) is 11.3. The molecule has 1 heterocycles. The molecule has 0 aliphatic heterocycles. The molecule has 0 atom stereocenters. The van der Waals surface area contributed by atoms with Gasteiger partial charge < -0.3 is 5.73 Å². The van der Waals surface area contributed by atoms with Gasteiger partial charge in [-0.1, -0.05) is 6.07 Å². The van der Waals surface area contributed by atoms with Gasteiger partial charge >= 0.3 is 0 Å². The molecule has 0 saturated heterocycles. The summed E-state index contributed by atoms with van der Waals surface area (Å²) in [6.07, 6.45) is 1.57. The van der Waals surface area contributed by atoms with E-state index in [2.05, 4.69) is 4.98 Å². The van der Waals surface area contributed by atoms with Gasteiger partial charge in [0.1, 0.15) is 5.82 Å². The molecule has 0 bridgehead atoms. The number of thioether (sulfide) groups is 1. The Morgan fingerprint density at radius 2 is 1.90 bits per heavy atom. The van der Waals surface area contributed by atoms with Crippen LogP contribution in [0.5, 0.6) is 0 Å². The van der Waals surface area contributed by atoms with E-state index in [9.17, 15) is 8.42 Å². The number of nitrogens with zero attached hydrogens (tertiary/aromatic N) is 2. The molecule has 0 aliphatic rings. The van der Waals surface area contributed by atoms with E-state index in [4.69, 9.17) is 5.73 Å². The molecule has 7 heteroatoms. The first kappa shape index (κ1) is 15.7. The van der Waals surface area contributed by atoms with Crippen molar-refractivity contribution in [1.29, 1.82) is 0 Å². The van der Waals surface area contributed by atoms with Gasteiger partial charge in [-0.05, 0) is 36.4 Å². The molecule has 21 heavy (non-hydrogen) atoms. The van der Waals surface area contributed by atoms with Crippen molar-refractivity contribution in [3.63, 3.8) is 0 Å². The molecule has 1 aromatic heterocycles. The van der Waals surface area contributed by atoms with E-state index in [1.165, 1.54) is 23.1 Å². The van der Waals surface area contributed by atoms with E-state index in [1.54, 1.807) is 36.5 Å². The zero-order valence-corrected chi connectivity index (χ0v) is 13.3. The fourth-order valence-electron chi connectivity index (χ4n) is 1.65. The zero-order valence-electron chi connectivity index (χ0n) is 11.6. The van der Waals surface area contributed by atoms with Crippen LogP contribution in [0.4, 0.5) is 11.5 Å². The molecule has 5 nitrogen and oxygen atoms in total. The third kappa shape index (κ3) is 4.37. The van der Waals surface area contributed by atoms with Crippen molar-refractivity contribution in [2.45, 2.75) is 4.90 Å². The lowest BCUT2D eigenvalue weighted by Gasteiger charge is -2.17. The van der Waals surface area contributed by atoms with Gasteiger partial charge in [0.2, 0.25) is 10.0 Å². The maximum atomic E-state index is 12.2. The quantitative estimate of drug-likeness (QED) is 0.651. The molecule has 0 amide bonds. The van der Waals surface area contributed by atoms with Crippen LogP contribution in [-0.2, 0) is 10.0 Å². The third-order valence-electron chi connectivity index (χ3n) is 2.88. The van der Waals surface area contributed by atoms with Gasteiger partial charge in [0.05, 0.1) is 5.75 Å². The van der Waals surface area contributed by atoms with Crippen molar-refractivity contribution in [2.75, 3.05) is 28.6 Å². The van der Waals surface area contributed by atoms with Gasteiger partial charge in [-0.3, -0.25) is 4.31 Å². The van der Waals surface area contributed by atoms with Crippen molar-refractivity contribution in [2.24, 2.45) is 0 Å². The summed E-state index contributed by atoms with van der Waals surface area (Å²) in [6.45, 7) is 0. The van der Waals surface area contributed by atoms with E-state index in [0.29, 0.717) is 17.3 Å². The van der Waals surface area contributed by atoms with Gasteiger partial charge in [-0.25, -0.2) is 13.4 Å². The summed E-state index contributed by atoms with van der Waals surface area (Å²) in [5.41, 5.74) is 6.31. The van der Waals surface area contributed by atoms with Crippen LogP contribution >= 0.6 is 11.8 Å². The summed E-state index contributed by atoms with van der Waals surface area (Å²) in [7, 11) is -1.85. The van der Waals surface area contributed by atoms with E-state index in [-0.39, 0.29) is 5.75 Å². The maximum absolute atomic E-state index is 12.2. The Morgan fingerprint density at radius 1 is 1.19 bits per heavy atom. The predicted octanol–water partition coefficient (Wildman–Crippen LogP) is 2.22. The number of rotatable bonds is 6. The number of pyridine rings is 1. The minimum atomic E-state index is -3.37. The highest BCUT2D eigenvalue weighted by Gasteiger charge is 2.18. The molecule has 0 unspecified atom stereocenters. The monoisotopic (exact) mass is 323 g/mol. The first-order valence-electron chi connectivity index (χ1n) is 6.35. The molecule has 0 aliphatic carbocycles. The second-order valence-corrected chi connectivity index (χ2v) is 7.68. The molecule has 0 radical (unpaired) electrons. The Balaban J connectivity index is 1.94. The van der Waals surface area contributed by atoms with Crippen molar-refractivity contribution < 1.29 is 8.42 Å². The van der Waals surface area contributed by atoms with Crippen molar-refractivity contribution >= 4 is 33.3 Å². The van der Waals surface area contributed by atoms with Crippen molar-refractivity contribution in [1.82, 2.24) is 4.98 Å². The standard InChI is InChI=1S/C14H17N3O2S2/c1-17(14-4-2-3-9-16-14)21(18,19)11-10-20-13-7-5-12(15)6-8-13/h2-9H,10-11,15H2,1H3. The van der Waals surface area contributed by atoms with Crippen LogP contribution in [0.15, 0.2) is 53.6 Å². The minimum Gasteiger partial charge on any atom is -0.399 e. The summed E-state index contributed by atoms with van der Waals surface area (Å²) >= 11 is 1.49.